The van der Waals surface area contributed by atoms with E-state index in [1.54, 1.807) is 29.0 Å². The molecule has 8 nitrogen and oxygen atoms in total. The molecule has 0 radical (unpaired) electrons. The van der Waals surface area contributed by atoms with Crippen molar-refractivity contribution in [3.63, 3.8) is 0 Å². The molecule has 5 rings (SSSR count). The molecule has 1 amide bonds. The number of nitrogens with one attached hydrogen (secondary N) is 1. The van der Waals surface area contributed by atoms with Crippen LogP contribution in [0.5, 0.6) is 5.75 Å². The molecular weight excluding hydrogens is 416 g/mol. The number of para-hydroxylation sites is 1. The monoisotopic (exact) mass is 436 g/mol. The quantitative estimate of drug-likeness (QED) is 0.421. The van der Waals surface area contributed by atoms with Crippen LogP contribution >= 0.6 is 0 Å². The molecule has 2 aromatic carbocycles. The van der Waals surface area contributed by atoms with Crippen LogP contribution in [0.3, 0.4) is 0 Å². The van der Waals surface area contributed by atoms with Gasteiger partial charge in [-0.05, 0) is 55.5 Å². The van der Waals surface area contributed by atoms with E-state index in [0.717, 1.165) is 16.8 Å². The first-order valence-corrected chi connectivity index (χ1v) is 10.5. The molecule has 8 heteroatoms. The van der Waals surface area contributed by atoms with Crippen molar-refractivity contribution in [3.05, 3.63) is 90.8 Å². The van der Waals surface area contributed by atoms with Gasteiger partial charge in [0.05, 0.1) is 17.9 Å². The number of rotatable bonds is 6. The Morgan fingerprint density at radius 2 is 1.85 bits per heavy atom. The Balaban J connectivity index is 1.45. The summed E-state index contributed by atoms with van der Waals surface area (Å²) in [5.41, 5.74) is 4.16. The lowest BCUT2D eigenvalue weighted by atomic mass is 10.1. The number of ether oxygens (including phenoxy) is 1. The molecule has 3 aromatic heterocycles. The summed E-state index contributed by atoms with van der Waals surface area (Å²) in [6.45, 7) is 2.37. The van der Waals surface area contributed by atoms with Crippen LogP contribution in [0.25, 0.3) is 28.3 Å². The third-order valence-corrected chi connectivity index (χ3v) is 5.03. The van der Waals surface area contributed by atoms with E-state index in [2.05, 4.69) is 20.5 Å². The van der Waals surface area contributed by atoms with Crippen LogP contribution in [0.2, 0.25) is 0 Å². The smallest absolute Gasteiger partial charge is 0.259 e. The maximum atomic E-state index is 12.9. The fourth-order valence-electron chi connectivity index (χ4n) is 3.51. The highest BCUT2D eigenvalue weighted by Gasteiger charge is 2.14. The second kappa shape index (κ2) is 8.88. The summed E-state index contributed by atoms with van der Waals surface area (Å²) in [6, 6.07) is 22.2. The second-order valence-electron chi connectivity index (χ2n) is 7.22. The van der Waals surface area contributed by atoms with Gasteiger partial charge in [0.2, 0.25) is 0 Å². The second-order valence-corrected chi connectivity index (χ2v) is 7.22. The molecule has 0 fully saturated rings. The summed E-state index contributed by atoms with van der Waals surface area (Å²) in [7, 11) is 0. The largest absolute Gasteiger partial charge is 0.493 e. The van der Waals surface area contributed by atoms with Gasteiger partial charge in [-0.3, -0.25) is 9.78 Å². The fraction of sp³-hybridized carbons (Fsp3) is 0.0800. The number of aromatic nitrogens is 5. The Bertz CT molecular complexity index is 1430. The SMILES string of the molecule is CCOc1ccccc1C(=O)Nc1cccc(-c2ccc3nnc(-c4cccnc4)n3n2)c1. The molecule has 162 valence electrons. The van der Waals surface area contributed by atoms with Crippen molar-refractivity contribution in [2.24, 2.45) is 0 Å². The molecule has 0 unspecified atom stereocenters. The van der Waals surface area contributed by atoms with Gasteiger partial charge in [0.1, 0.15) is 5.75 Å². The maximum Gasteiger partial charge on any atom is 0.259 e. The van der Waals surface area contributed by atoms with E-state index in [-0.39, 0.29) is 5.91 Å². The number of fused-ring (bicyclic) bond motifs is 1. The molecule has 0 spiro atoms. The van der Waals surface area contributed by atoms with E-state index in [9.17, 15) is 4.79 Å². The molecule has 0 aliphatic carbocycles. The molecule has 0 aliphatic heterocycles. The number of pyridine rings is 1. The molecular formula is C25H20N6O2. The standard InChI is InChI=1S/C25H20N6O2/c1-2-33-22-11-4-3-10-20(22)25(32)27-19-9-5-7-17(15-19)21-12-13-23-28-29-24(31(23)30-21)18-8-6-14-26-16-18/h3-16H,2H2,1H3,(H,27,32). The van der Waals surface area contributed by atoms with E-state index in [0.29, 0.717) is 35.1 Å². The van der Waals surface area contributed by atoms with Gasteiger partial charge in [-0.2, -0.15) is 9.61 Å². The number of nitrogens with zero attached hydrogens (tertiary/aromatic N) is 5. The van der Waals surface area contributed by atoms with E-state index >= 15 is 0 Å². The Labute approximate surface area is 189 Å². The molecule has 0 saturated heterocycles. The van der Waals surface area contributed by atoms with E-state index in [1.807, 2.05) is 67.6 Å². The topological polar surface area (TPSA) is 94.3 Å². The van der Waals surface area contributed by atoms with Gasteiger partial charge in [-0.15, -0.1) is 10.2 Å². The van der Waals surface area contributed by atoms with Crippen molar-refractivity contribution in [1.29, 1.82) is 0 Å². The van der Waals surface area contributed by atoms with Gasteiger partial charge in [-0.1, -0.05) is 24.3 Å². The number of benzene rings is 2. The Morgan fingerprint density at radius 3 is 2.70 bits per heavy atom. The predicted molar refractivity (Wildman–Crippen MR) is 125 cm³/mol. The van der Waals surface area contributed by atoms with Crippen molar-refractivity contribution in [1.82, 2.24) is 24.8 Å². The van der Waals surface area contributed by atoms with Gasteiger partial charge >= 0.3 is 0 Å². The predicted octanol–water partition coefficient (Wildman–Crippen LogP) is 4.50. The maximum absolute atomic E-state index is 12.9. The van der Waals surface area contributed by atoms with Crippen LogP contribution in [0, 0.1) is 0 Å². The normalized spacial score (nSPS) is 10.8. The third-order valence-electron chi connectivity index (χ3n) is 5.03. The fourth-order valence-corrected chi connectivity index (χ4v) is 3.51. The zero-order valence-electron chi connectivity index (χ0n) is 17.8. The number of amides is 1. The zero-order valence-corrected chi connectivity index (χ0v) is 17.8. The summed E-state index contributed by atoms with van der Waals surface area (Å²) in [5, 5.41) is 16.1. The molecule has 1 N–H and O–H groups in total. The first-order valence-electron chi connectivity index (χ1n) is 10.5. The molecule has 0 atom stereocenters. The average molecular weight is 436 g/mol. The molecule has 5 aromatic rings. The number of carbonyl (C=O) groups excluding carboxylic acids is 1. The zero-order chi connectivity index (χ0) is 22.6. The Morgan fingerprint density at radius 1 is 0.970 bits per heavy atom. The van der Waals surface area contributed by atoms with Crippen molar-refractivity contribution in [2.75, 3.05) is 11.9 Å². The minimum Gasteiger partial charge on any atom is -0.493 e. The highest BCUT2D eigenvalue weighted by atomic mass is 16.5. The summed E-state index contributed by atoms with van der Waals surface area (Å²) in [4.78, 5) is 17.0. The molecule has 0 bridgehead atoms. The highest BCUT2D eigenvalue weighted by molar-refractivity contribution is 6.06. The molecule has 3 heterocycles. The first-order chi connectivity index (χ1) is 16.2. The summed E-state index contributed by atoms with van der Waals surface area (Å²) in [6.07, 6.45) is 3.43. The van der Waals surface area contributed by atoms with Crippen LogP contribution in [0.4, 0.5) is 5.69 Å². The highest BCUT2D eigenvalue weighted by Crippen LogP contribution is 2.25. The lowest BCUT2D eigenvalue weighted by Gasteiger charge is -2.11. The minimum absolute atomic E-state index is 0.239. The average Bonchev–Trinajstić information content (AvgIpc) is 3.29. The Hall–Kier alpha value is -4.59. The Kier molecular flexibility index (Phi) is 5.47. The van der Waals surface area contributed by atoms with Crippen LogP contribution < -0.4 is 10.1 Å². The summed E-state index contributed by atoms with van der Waals surface area (Å²) >= 11 is 0. The number of anilines is 1. The van der Waals surface area contributed by atoms with Gasteiger partial charge in [-0.25, -0.2) is 0 Å². The molecule has 0 aliphatic rings. The van der Waals surface area contributed by atoms with Gasteiger partial charge < -0.3 is 10.1 Å². The number of hydrogen-bond donors (Lipinski definition) is 1. The van der Waals surface area contributed by atoms with Crippen LogP contribution in [-0.4, -0.2) is 37.3 Å². The van der Waals surface area contributed by atoms with E-state index < -0.39 is 0 Å². The van der Waals surface area contributed by atoms with Crippen LogP contribution in [-0.2, 0) is 0 Å². The lowest BCUT2D eigenvalue weighted by molar-refractivity contribution is 0.102. The minimum atomic E-state index is -0.239. The van der Waals surface area contributed by atoms with Gasteiger partial charge in [0.25, 0.3) is 5.91 Å². The van der Waals surface area contributed by atoms with Crippen LogP contribution in [0.15, 0.2) is 85.2 Å². The number of hydrogen-bond acceptors (Lipinski definition) is 6. The van der Waals surface area contributed by atoms with E-state index in [4.69, 9.17) is 9.84 Å². The first kappa shape index (κ1) is 20.3. The van der Waals surface area contributed by atoms with Crippen molar-refractivity contribution in [3.8, 4) is 28.4 Å². The molecule has 33 heavy (non-hydrogen) atoms. The van der Waals surface area contributed by atoms with Crippen molar-refractivity contribution in [2.45, 2.75) is 6.92 Å². The van der Waals surface area contributed by atoms with Crippen LogP contribution in [0.1, 0.15) is 17.3 Å². The lowest BCUT2D eigenvalue weighted by Crippen LogP contribution is -2.13. The third kappa shape index (κ3) is 4.14. The van der Waals surface area contributed by atoms with Gasteiger partial charge in [0.15, 0.2) is 11.5 Å². The number of carbonyl (C=O) groups is 1. The van der Waals surface area contributed by atoms with Crippen molar-refractivity contribution < 1.29 is 9.53 Å². The summed E-state index contributed by atoms with van der Waals surface area (Å²) < 4.78 is 7.27. The van der Waals surface area contributed by atoms with E-state index in [1.165, 1.54) is 0 Å². The van der Waals surface area contributed by atoms with Crippen molar-refractivity contribution >= 4 is 17.2 Å². The molecule has 0 saturated carbocycles. The van der Waals surface area contributed by atoms with Gasteiger partial charge in [0, 0.05) is 29.2 Å². The summed E-state index contributed by atoms with van der Waals surface area (Å²) in [5.74, 6) is 0.922.